The van der Waals surface area contributed by atoms with Gasteiger partial charge < -0.3 is 15.5 Å². The summed E-state index contributed by atoms with van der Waals surface area (Å²) in [6.45, 7) is 4.77. The fraction of sp³-hybridized carbons (Fsp3) is 0.615. The molecule has 6 heteroatoms. The van der Waals surface area contributed by atoms with E-state index in [0.717, 1.165) is 32.5 Å². The number of carbonyl (C=O) groups is 1. The number of nitrogens with zero attached hydrogens (tertiary/aromatic N) is 3. The molecule has 1 aliphatic rings. The zero-order valence-corrected chi connectivity index (χ0v) is 11.5. The Hall–Kier alpha value is -1.69. The summed E-state index contributed by atoms with van der Waals surface area (Å²) < 4.78 is 0. The van der Waals surface area contributed by atoms with Crippen molar-refractivity contribution in [3.8, 4) is 0 Å². The van der Waals surface area contributed by atoms with Crippen molar-refractivity contribution in [1.29, 1.82) is 0 Å². The average Bonchev–Trinajstić information content (AvgIpc) is 2.40. The van der Waals surface area contributed by atoms with Gasteiger partial charge in [-0.05, 0) is 33.4 Å². The second-order valence-electron chi connectivity index (χ2n) is 4.89. The topological polar surface area (TPSA) is 70.2 Å². The summed E-state index contributed by atoms with van der Waals surface area (Å²) in [5.41, 5.74) is 0.370. The molecule has 0 aromatic carbocycles. The highest BCUT2D eigenvalue weighted by molar-refractivity contribution is 5.92. The Morgan fingerprint density at radius 1 is 1.47 bits per heavy atom. The lowest BCUT2D eigenvalue weighted by molar-refractivity contribution is 0.0907. The lowest BCUT2D eigenvalue weighted by Crippen LogP contribution is -2.46. The van der Waals surface area contributed by atoms with Gasteiger partial charge in [-0.25, -0.2) is 9.97 Å². The van der Waals surface area contributed by atoms with Crippen molar-refractivity contribution in [2.45, 2.75) is 25.8 Å². The Bertz CT molecular complexity index is 420. The minimum atomic E-state index is -0.143. The Labute approximate surface area is 113 Å². The average molecular weight is 263 g/mol. The van der Waals surface area contributed by atoms with E-state index in [4.69, 9.17) is 0 Å². The van der Waals surface area contributed by atoms with E-state index in [1.165, 1.54) is 6.20 Å². The predicted molar refractivity (Wildman–Crippen MR) is 74.2 cm³/mol. The molecule has 0 spiro atoms. The summed E-state index contributed by atoms with van der Waals surface area (Å²) in [7, 11) is 2.07. The normalized spacial score (nSPS) is 20.0. The molecule has 2 rings (SSSR count). The van der Waals surface area contributed by atoms with Crippen LogP contribution in [-0.2, 0) is 0 Å². The van der Waals surface area contributed by atoms with Crippen LogP contribution in [0.25, 0.3) is 0 Å². The number of hydrogen-bond acceptors (Lipinski definition) is 5. The molecule has 0 aliphatic carbocycles. The molecule has 1 saturated heterocycles. The molecule has 1 aromatic heterocycles. The smallest absolute Gasteiger partial charge is 0.271 e. The third kappa shape index (κ3) is 3.89. The second kappa shape index (κ2) is 6.47. The third-order valence-corrected chi connectivity index (χ3v) is 3.20. The van der Waals surface area contributed by atoms with E-state index in [0.29, 0.717) is 11.5 Å². The molecule has 1 unspecified atom stereocenters. The van der Waals surface area contributed by atoms with E-state index in [-0.39, 0.29) is 11.9 Å². The lowest BCUT2D eigenvalue weighted by atomic mass is 10.1. The lowest BCUT2D eigenvalue weighted by Gasteiger charge is -2.30. The van der Waals surface area contributed by atoms with Gasteiger partial charge in [0.1, 0.15) is 11.5 Å². The zero-order valence-electron chi connectivity index (χ0n) is 11.5. The van der Waals surface area contributed by atoms with Crippen molar-refractivity contribution in [3.05, 3.63) is 18.1 Å². The minimum absolute atomic E-state index is 0.143. The molecule has 2 N–H and O–H groups in total. The molecule has 104 valence electrons. The summed E-state index contributed by atoms with van der Waals surface area (Å²) in [6, 6.07) is 0.210. The molecule has 0 bridgehead atoms. The van der Waals surface area contributed by atoms with Crippen molar-refractivity contribution >= 4 is 11.7 Å². The number of rotatable bonds is 4. The van der Waals surface area contributed by atoms with Crippen LogP contribution < -0.4 is 10.6 Å². The number of anilines is 1. The standard InChI is InChI=1S/C13H21N5O/c1-3-14-12-8-15-11(7-16-12)13(19)17-10-5-4-6-18(2)9-10/h7-8,10H,3-6,9H2,1-2H3,(H,14,16)(H,17,19). The molecule has 1 atom stereocenters. The van der Waals surface area contributed by atoms with Crippen molar-refractivity contribution in [1.82, 2.24) is 20.2 Å². The van der Waals surface area contributed by atoms with Crippen LogP contribution in [0.3, 0.4) is 0 Å². The van der Waals surface area contributed by atoms with Crippen LogP contribution in [0, 0.1) is 0 Å². The summed E-state index contributed by atoms with van der Waals surface area (Å²) in [6.07, 6.45) is 5.25. The highest BCUT2D eigenvalue weighted by Crippen LogP contribution is 2.09. The number of likely N-dealkylation sites (N-methyl/N-ethyl adjacent to an activating group) is 1. The van der Waals surface area contributed by atoms with Crippen LogP contribution in [0.1, 0.15) is 30.3 Å². The molecular formula is C13H21N5O. The first-order valence-electron chi connectivity index (χ1n) is 6.74. The number of hydrogen-bond donors (Lipinski definition) is 2. The molecule has 1 aliphatic heterocycles. The molecule has 1 fully saturated rings. The van der Waals surface area contributed by atoms with Gasteiger partial charge in [-0.2, -0.15) is 0 Å². The minimum Gasteiger partial charge on any atom is -0.369 e. The second-order valence-corrected chi connectivity index (χ2v) is 4.89. The van der Waals surface area contributed by atoms with Crippen LogP contribution in [-0.4, -0.2) is 53.5 Å². The maximum Gasteiger partial charge on any atom is 0.271 e. The first-order valence-corrected chi connectivity index (χ1v) is 6.74. The van der Waals surface area contributed by atoms with Crippen LogP contribution in [0.15, 0.2) is 12.4 Å². The number of nitrogens with one attached hydrogen (secondary N) is 2. The number of carbonyl (C=O) groups excluding carboxylic acids is 1. The van der Waals surface area contributed by atoms with Crippen molar-refractivity contribution < 1.29 is 4.79 Å². The molecule has 0 saturated carbocycles. The van der Waals surface area contributed by atoms with E-state index in [2.05, 4.69) is 32.5 Å². The van der Waals surface area contributed by atoms with Crippen molar-refractivity contribution in [3.63, 3.8) is 0 Å². The summed E-state index contributed by atoms with van der Waals surface area (Å²) >= 11 is 0. The maximum absolute atomic E-state index is 12.0. The molecule has 6 nitrogen and oxygen atoms in total. The maximum atomic E-state index is 12.0. The van der Waals surface area contributed by atoms with E-state index in [9.17, 15) is 4.79 Å². The van der Waals surface area contributed by atoms with Gasteiger partial charge in [0.2, 0.25) is 0 Å². The first-order chi connectivity index (χ1) is 9.19. The van der Waals surface area contributed by atoms with E-state index in [1.54, 1.807) is 6.20 Å². The molecule has 0 radical (unpaired) electrons. The molecule has 2 heterocycles. The monoisotopic (exact) mass is 263 g/mol. The van der Waals surface area contributed by atoms with Crippen molar-refractivity contribution in [2.24, 2.45) is 0 Å². The van der Waals surface area contributed by atoms with E-state index in [1.807, 2.05) is 6.92 Å². The predicted octanol–water partition coefficient (Wildman–Crippen LogP) is 0.732. The SMILES string of the molecule is CCNc1cnc(C(=O)NC2CCCN(C)C2)cn1. The highest BCUT2D eigenvalue weighted by Gasteiger charge is 2.20. The summed E-state index contributed by atoms with van der Waals surface area (Å²) in [5.74, 6) is 0.548. The number of piperidine rings is 1. The Morgan fingerprint density at radius 2 is 2.32 bits per heavy atom. The number of likely N-dealkylation sites (tertiary alicyclic amines) is 1. The van der Waals surface area contributed by atoms with Gasteiger partial charge in [-0.3, -0.25) is 4.79 Å². The van der Waals surface area contributed by atoms with Gasteiger partial charge in [-0.15, -0.1) is 0 Å². The van der Waals surface area contributed by atoms with Gasteiger partial charge in [0, 0.05) is 19.1 Å². The fourth-order valence-electron chi connectivity index (χ4n) is 2.26. The van der Waals surface area contributed by atoms with Crippen molar-refractivity contribution in [2.75, 3.05) is 32.0 Å². The Kier molecular flexibility index (Phi) is 4.68. The quantitative estimate of drug-likeness (QED) is 0.838. The summed E-state index contributed by atoms with van der Waals surface area (Å²) in [5, 5.41) is 6.06. The molecule has 1 amide bonds. The van der Waals surface area contributed by atoms with E-state index < -0.39 is 0 Å². The fourth-order valence-corrected chi connectivity index (χ4v) is 2.26. The van der Waals surface area contributed by atoms with Gasteiger partial charge in [0.25, 0.3) is 5.91 Å². The summed E-state index contributed by atoms with van der Waals surface area (Å²) in [4.78, 5) is 22.6. The van der Waals surface area contributed by atoms with Crippen LogP contribution in [0.5, 0.6) is 0 Å². The number of amides is 1. The van der Waals surface area contributed by atoms with Gasteiger partial charge in [0.05, 0.1) is 12.4 Å². The highest BCUT2D eigenvalue weighted by atomic mass is 16.1. The van der Waals surface area contributed by atoms with Crippen LogP contribution in [0.2, 0.25) is 0 Å². The number of aromatic nitrogens is 2. The first kappa shape index (κ1) is 13.7. The van der Waals surface area contributed by atoms with Crippen LogP contribution in [0.4, 0.5) is 5.82 Å². The molecule has 19 heavy (non-hydrogen) atoms. The van der Waals surface area contributed by atoms with Gasteiger partial charge >= 0.3 is 0 Å². The molecular weight excluding hydrogens is 242 g/mol. The molecule has 1 aromatic rings. The van der Waals surface area contributed by atoms with Gasteiger partial charge in [-0.1, -0.05) is 0 Å². The Morgan fingerprint density at radius 3 is 2.95 bits per heavy atom. The largest absolute Gasteiger partial charge is 0.369 e. The van der Waals surface area contributed by atoms with Crippen LogP contribution >= 0.6 is 0 Å². The third-order valence-electron chi connectivity index (χ3n) is 3.20. The van der Waals surface area contributed by atoms with E-state index >= 15 is 0 Å². The Balaban J connectivity index is 1.91. The van der Waals surface area contributed by atoms with Gasteiger partial charge in [0.15, 0.2) is 0 Å². The zero-order chi connectivity index (χ0) is 13.7.